The number of carbonyl (C=O) groups is 3. The molecule has 0 radical (unpaired) electrons. The van der Waals surface area contributed by atoms with Gasteiger partial charge in [-0.1, -0.05) is 56.4 Å². The van der Waals surface area contributed by atoms with Crippen LogP contribution in [0.5, 0.6) is 0 Å². The van der Waals surface area contributed by atoms with E-state index in [1.54, 1.807) is 4.90 Å². The molecule has 9 heteroatoms. The van der Waals surface area contributed by atoms with Crippen LogP contribution in [0.2, 0.25) is 24.7 Å². The summed E-state index contributed by atoms with van der Waals surface area (Å²) in [6, 6.07) is 9.24. The number of nitrogens with one attached hydrogen (secondary N) is 1. The maximum atomic E-state index is 13.4. The van der Waals surface area contributed by atoms with Crippen molar-refractivity contribution in [3.8, 4) is 0 Å². The van der Waals surface area contributed by atoms with Crippen molar-refractivity contribution in [3.63, 3.8) is 0 Å². The van der Waals surface area contributed by atoms with E-state index in [-0.39, 0.29) is 17.6 Å². The van der Waals surface area contributed by atoms with Gasteiger partial charge >= 0.3 is 12.1 Å². The Hall–Kier alpha value is -2.94. The number of hydrogen-bond donors (Lipinski definition) is 1. The minimum absolute atomic E-state index is 0.0615. The highest BCUT2D eigenvalue weighted by Gasteiger charge is 2.54. The van der Waals surface area contributed by atoms with Gasteiger partial charge in [-0.2, -0.15) is 0 Å². The summed E-state index contributed by atoms with van der Waals surface area (Å²) in [6.07, 6.45) is 1.72. The zero-order valence-corrected chi connectivity index (χ0v) is 23.1. The largest absolute Gasteiger partial charge is 0.462 e. The SMILES string of the molecule is CC(=O)OC[C@@H](OC(=O)N1CC2=C(CN=C2NC(=O)C2([Si](C)(C)C)CCC2)C1(C)C)c1ccccc1. The molecule has 194 valence electrons. The molecule has 2 amide bonds. The summed E-state index contributed by atoms with van der Waals surface area (Å²) < 4.78 is 11.1. The molecule has 0 unspecified atom stereocenters. The predicted molar refractivity (Wildman–Crippen MR) is 140 cm³/mol. The molecule has 1 aliphatic carbocycles. The Morgan fingerprint density at radius 1 is 1.14 bits per heavy atom. The van der Waals surface area contributed by atoms with Gasteiger partial charge in [-0.05, 0) is 37.8 Å². The number of amidine groups is 1. The van der Waals surface area contributed by atoms with Gasteiger partial charge in [0.05, 0.1) is 26.7 Å². The zero-order chi connectivity index (χ0) is 26.3. The number of hydrogen-bond acceptors (Lipinski definition) is 6. The number of amides is 2. The van der Waals surface area contributed by atoms with Crippen molar-refractivity contribution in [2.45, 2.75) is 76.4 Å². The van der Waals surface area contributed by atoms with Crippen molar-refractivity contribution in [2.24, 2.45) is 4.99 Å². The maximum Gasteiger partial charge on any atom is 0.411 e. The number of nitrogens with zero attached hydrogens (tertiary/aromatic N) is 2. The topological polar surface area (TPSA) is 97.3 Å². The number of ether oxygens (including phenoxy) is 2. The van der Waals surface area contributed by atoms with Crippen LogP contribution in [0.4, 0.5) is 4.79 Å². The molecule has 1 fully saturated rings. The number of aliphatic imine (C=N–C) groups is 1. The van der Waals surface area contributed by atoms with Crippen LogP contribution in [0.1, 0.15) is 51.7 Å². The molecule has 0 bridgehead atoms. The molecule has 0 aromatic heterocycles. The van der Waals surface area contributed by atoms with E-state index >= 15 is 0 Å². The zero-order valence-electron chi connectivity index (χ0n) is 22.1. The third-order valence-corrected chi connectivity index (χ3v) is 11.8. The number of carbonyl (C=O) groups excluding carboxylic acids is 3. The lowest BCUT2D eigenvalue weighted by Crippen LogP contribution is -2.55. The van der Waals surface area contributed by atoms with Crippen LogP contribution in [0, 0.1) is 0 Å². The molecular weight excluding hydrogens is 474 g/mol. The molecule has 0 spiro atoms. The third kappa shape index (κ3) is 4.60. The van der Waals surface area contributed by atoms with E-state index in [0.29, 0.717) is 18.9 Å². The first-order chi connectivity index (χ1) is 16.9. The highest BCUT2D eigenvalue weighted by atomic mass is 28.3. The summed E-state index contributed by atoms with van der Waals surface area (Å²) in [5, 5.41) is 2.89. The summed E-state index contributed by atoms with van der Waals surface area (Å²) in [6.45, 7) is 12.7. The van der Waals surface area contributed by atoms with Crippen LogP contribution in [-0.4, -0.2) is 62.0 Å². The first-order valence-corrected chi connectivity index (χ1v) is 16.1. The quantitative estimate of drug-likeness (QED) is 0.444. The molecule has 1 atom stereocenters. The van der Waals surface area contributed by atoms with Gasteiger partial charge in [0, 0.05) is 17.5 Å². The smallest absolute Gasteiger partial charge is 0.411 e. The monoisotopic (exact) mass is 511 g/mol. The number of benzene rings is 1. The van der Waals surface area contributed by atoms with E-state index in [0.717, 1.165) is 36.0 Å². The first-order valence-electron chi connectivity index (χ1n) is 12.6. The number of rotatable bonds is 6. The van der Waals surface area contributed by atoms with Gasteiger partial charge in [0.15, 0.2) is 6.10 Å². The van der Waals surface area contributed by atoms with Crippen LogP contribution < -0.4 is 5.32 Å². The van der Waals surface area contributed by atoms with E-state index in [1.165, 1.54) is 6.92 Å². The predicted octanol–water partition coefficient (Wildman–Crippen LogP) is 4.61. The normalized spacial score (nSPS) is 20.7. The molecule has 8 nitrogen and oxygen atoms in total. The Morgan fingerprint density at radius 2 is 1.81 bits per heavy atom. The van der Waals surface area contributed by atoms with Crippen molar-refractivity contribution >= 4 is 31.9 Å². The van der Waals surface area contributed by atoms with E-state index in [2.05, 4.69) is 30.0 Å². The minimum atomic E-state index is -1.72. The second-order valence-electron chi connectivity index (χ2n) is 11.5. The summed E-state index contributed by atoms with van der Waals surface area (Å²) >= 11 is 0. The lowest BCUT2D eigenvalue weighted by Gasteiger charge is -2.49. The molecule has 3 aliphatic rings. The van der Waals surface area contributed by atoms with Crippen LogP contribution in [-0.2, 0) is 19.1 Å². The van der Waals surface area contributed by atoms with Crippen molar-refractivity contribution in [1.29, 1.82) is 0 Å². The Morgan fingerprint density at radius 3 is 2.36 bits per heavy atom. The summed E-state index contributed by atoms with van der Waals surface area (Å²) in [5.41, 5.74) is 2.03. The average Bonchev–Trinajstić information content (AvgIpc) is 3.27. The highest BCUT2D eigenvalue weighted by molar-refractivity contribution is 6.82. The standard InChI is InChI=1S/C27H37N3O5Si/c1-18(31)34-17-22(19-11-8-7-9-12-19)35-25(33)30-16-20-21(26(30,2)3)15-28-23(20)29-24(32)27(13-10-14-27)36(4,5)6/h7-9,11-12,22H,10,13-17H2,1-6H3,(H,28,29,32)/t22-/m1/s1. The molecule has 1 saturated carbocycles. The Balaban J connectivity index is 1.48. The van der Waals surface area contributed by atoms with Gasteiger partial charge in [0.2, 0.25) is 5.91 Å². The van der Waals surface area contributed by atoms with Crippen LogP contribution in [0.25, 0.3) is 0 Å². The fraction of sp³-hybridized carbons (Fsp3) is 0.556. The number of esters is 1. The molecule has 0 saturated heterocycles. The Bertz CT molecular complexity index is 1120. The fourth-order valence-corrected chi connectivity index (χ4v) is 8.07. The summed E-state index contributed by atoms with van der Waals surface area (Å²) in [4.78, 5) is 44.6. The molecule has 1 aromatic rings. The molecule has 1 aromatic carbocycles. The summed E-state index contributed by atoms with van der Waals surface area (Å²) in [5.74, 6) is 0.223. The lowest BCUT2D eigenvalue weighted by molar-refractivity contribution is -0.144. The average molecular weight is 512 g/mol. The third-order valence-electron chi connectivity index (χ3n) is 8.16. The fourth-order valence-electron chi connectivity index (χ4n) is 5.47. The van der Waals surface area contributed by atoms with E-state index in [9.17, 15) is 14.4 Å². The van der Waals surface area contributed by atoms with E-state index < -0.39 is 31.8 Å². The molecular formula is C27H37N3O5Si. The van der Waals surface area contributed by atoms with Crippen molar-refractivity contribution in [2.75, 3.05) is 19.7 Å². The Kier molecular flexibility index (Phi) is 6.89. The van der Waals surface area contributed by atoms with Crippen molar-refractivity contribution in [3.05, 3.63) is 47.0 Å². The van der Waals surface area contributed by atoms with Crippen LogP contribution in [0.3, 0.4) is 0 Å². The van der Waals surface area contributed by atoms with Crippen molar-refractivity contribution in [1.82, 2.24) is 10.2 Å². The van der Waals surface area contributed by atoms with Gasteiger partial charge < -0.3 is 14.8 Å². The van der Waals surface area contributed by atoms with Gasteiger partial charge in [-0.15, -0.1) is 0 Å². The maximum absolute atomic E-state index is 13.4. The molecule has 1 N–H and O–H groups in total. The lowest BCUT2D eigenvalue weighted by atomic mass is 9.83. The minimum Gasteiger partial charge on any atom is -0.462 e. The molecule has 2 aliphatic heterocycles. The molecule has 36 heavy (non-hydrogen) atoms. The highest BCUT2D eigenvalue weighted by Crippen LogP contribution is 2.55. The van der Waals surface area contributed by atoms with Gasteiger partial charge in [0.1, 0.15) is 12.4 Å². The Labute approximate surface area is 214 Å². The second kappa shape index (κ2) is 9.50. The van der Waals surface area contributed by atoms with E-state index in [4.69, 9.17) is 9.47 Å². The van der Waals surface area contributed by atoms with Crippen LogP contribution >= 0.6 is 0 Å². The van der Waals surface area contributed by atoms with Gasteiger partial charge in [-0.25, -0.2) is 4.79 Å². The second-order valence-corrected chi connectivity index (χ2v) is 16.9. The molecule has 2 heterocycles. The first kappa shape index (κ1) is 26.1. The van der Waals surface area contributed by atoms with Gasteiger partial charge in [0.25, 0.3) is 0 Å². The van der Waals surface area contributed by atoms with Crippen LogP contribution in [0.15, 0.2) is 46.5 Å². The van der Waals surface area contributed by atoms with E-state index in [1.807, 2.05) is 44.2 Å². The molecule has 4 rings (SSSR count). The van der Waals surface area contributed by atoms with Crippen molar-refractivity contribution < 1.29 is 23.9 Å². The summed E-state index contributed by atoms with van der Waals surface area (Å²) in [7, 11) is -1.72. The van der Waals surface area contributed by atoms with Gasteiger partial charge in [-0.3, -0.25) is 19.5 Å².